The summed E-state index contributed by atoms with van der Waals surface area (Å²) in [6.07, 6.45) is 1.57. The lowest BCUT2D eigenvalue weighted by molar-refractivity contribution is 0.102. The molecule has 42 heavy (non-hydrogen) atoms. The van der Waals surface area contributed by atoms with Crippen molar-refractivity contribution >= 4 is 34.3 Å². The SMILES string of the molecule is CC(C)c1cccc(Nc2nc3cc(Oc4ccnc(C(=O)Nc5cccc(-c6ccccc6)c5)c4)ccc3n2C)c1. The second kappa shape index (κ2) is 11.6. The van der Waals surface area contributed by atoms with E-state index in [0.29, 0.717) is 23.1 Å². The molecule has 2 aromatic heterocycles. The summed E-state index contributed by atoms with van der Waals surface area (Å²) in [5.74, 6) is 1.98. The van der Waals surface area contributed by atoms with Crippen LogP contribution in [0.2, 0.25) is 0 Å². The number of imidazole rings is 1. The van der Waals surface area contributed by atoms with Crippen LogP contribution in [0.1, 0.15) is 35.8 Å². The van der Waals surface area contributed by atoms with Gasteiger partial charge in [-0.3, -0.25) is 9.78 Å². The number of carbonyl (C=O) groups excluding carboxylic acids is 1. The highest BCUT2D eigenvalue weighted by Gasteiger charge is 2.13. The minimum atomic E-state index is -0.317. The van der Waals surface area contributed by atoms with Gasteiger partial charge in [0, 0.05) is 36.8 Å². The van der Waals surface area contributed by atoms with Crippen LogP contribution >= 0.6 is 0 Å². The number of aryl methyl sites for hydroxylation is 1. The zero-order valence-corrected chi connectivity index (χ0v) is 23.7. The lowest BCUT2D eigenvalue weighted by Gasteiger charge is -2.10. The molecule has 0 saturated heterocycles. The summed E-state index contributed by atoms with van der Waals surface area (Å²) in [7, 11) is 1.98. The Balaban J connectivity index is 1.17. The van der Waals surface area contributed by atoms with Crippen LogP contribution in [-0.4, -0.2) is 20.4 Å². The molecule has 0 bridgehead atoms. The fourth-order valence-electron chi connectivity index (χ4n) is 4.80. The molecule has 0 aliphatic heterocycles. The van der Waals surface area contributed by atoms with Gasteiger partial charge in [0.2, 0.25) is 5.95 Å². The molecule has 6 rings (SSSR count). The van der Waals surface area contributed by atoms with E-state index >= 15 is 0 Å². The third kappa shape index (κ3) is 5.86. The topological polar surface area (TPSA) is 81.1 Å². The van der Waals surface area contributed by atoms with Gasteiger partial charge < -0.3 is 19.9 Å². The number of pyridine rings is 1. The fourth-order valence-corrected chi connectivity index (χ4v) is 4.80. The number of anilines is 3. The standard InChI is InChI=1S/C35H31N5O2/c1-23(2)25-11-7-14-28(19-25)38-35-39-31-21-29(15-16-33(31)40(35)3)42-30-17-18-36-32(22-30)34(41)37-27-13-8-12-26(20-27)24-9-5-4-6-10-24/h4-23H,1-3H3,(H,37,41)(H,38,39). The van der Waals surface area contributed by atoms with E-state index in [4.69, 9.17) is 9.72 Å². The Bertz CT molecular complexity index is 1880. The highest BCUT2D eigenvalue weighted by molar-refractivity contribution is 6.03. The van der Waals surface area contributed by atoms with Gasteiger partial charge in [-0.2, -0.15) is 0 Å². The third-order valence-electron chi connectivity index (χ3n) is 7.09. The molecule has 0 aliphatic rings. The van der Waals surface area contributed by atoms with Crippen LogP contribution in [0.5, 0.6) is 11.5 Å². The van der Waals surface area contributed by atoms with Crippen LogP contribution < -0.4 is 15.4 Å². The van der Waals surface area contributed by atoms with Crippen LogP contribution in [0.3, 0.4) is 0 Å². The number of carbonyl (C=O) groups is 1. The van der Waals surface area contributed by atoms with Crippen molar-refractivity contribution in [2.24, 2.45) is 7.05 Å². The molecule has 0 spiro atoms. The number of aromatic nitrogens is 3. The van der Waals surface area contributed by atoms with Crippen LogP contribution in [0.15, 0.2) is 115 Å². The Morgan fingerprint density at radius 1 is 0.786 bits per heavy atom. The Hall–Kier alpha value is -5.43. The summed E-state index contributed by atoms with van der Waals surface area (Å²) in [5.41, 5.74) is 7.06. The molecule has 208 valence electrons. The number of benzene rings is 4. The Labute approximate surface area is 244 Å². The smallest absolute Gasteiger partial charge is 0.274 e. The van der Waals surface area contributed by atoms with Gasteiger partial charge in [-0.25, -0.2) is 4.98 Å². The third-order valence-corrected chi connectivity index (χ3v) is 7.09. The largest absolute Gasteiger partial charge is 0.457 e. The van der Waals surface area contributed by atoms with Crippen molar-refractivity contribution < 1.29 is 9.53 Å². The first-order valence-electron chi connectivity index (χ1n) is 13.9. The number of nitrogens with one attached hydrogen (secondary N) is 2. The average Bonchev–Trinajstić information content (AvgIpc) is 3.31. The summed E-state index contributed by atoms with van der Waals surface area (Å²) in [6, 6.07) is 35.3. The van der Waals surface area contributed by atoms with Crippen molar-refractivity contribution in [2.75, 3.05) is 10.6 Å². The van der Waals surface area contributed by atoms with Gasteiger partial charge in [0.05, 0.1) is 11.0 Å². The zero-order valence-electron chi connectivity index (χ0n) is 23.7. The van der Waals surface area contributed by atoms with Crippen molar-refractivity contribution in [3.63, 3.8) is 0 Å². The number of fused-ring (bicyclic) bond motifs is 1. The molecule has 0 radical (unpaired) electrons. The van der Waals surface area contributed by atoms with Crippen LogP contribution in [0.4, 0.5) is 17.3 Å². The van der Waals surface area contributed by atoms with Gasteiger partial charge in [0.1, 0.15) is 17.2 Å². The molecule has 4 aromatic carbocycles. The van der Waals surface area contributed by atoms with Crippen molar-refractivity contribution in [3.8, 4) is 22.6 Å². The summed E-state index contributed by atoms with van der Waals surface area (Å²) >= 11 is 0. The summed E-state index contributed by atoms with van der Waals surface area (Å²) in [4.78, 5) is 22.1. The Morgan fingerprint density at radius 2 is 1.55 bits per heavy atom. The molecule has 0 saturated carbocycles. The van der Waals surface area contributed by atoms with E-state index in [2.05, 4.69) is 47.7 Å². The number of rotatable bonds is 8. The van der Waals surface area contributed by atoms with Gasteiger partial charge >= 0.3 is 0 Å². The van der Waals surface area contributed by atoms with E-state index in [0.717, 1.165) is 33.8 Å². The van der Waals surface area contributed by atoms with Gasteiger partial charge in [0.25, 0.3) is 5.91 Å². The molecule has 1 amide bonds. The van der Waals surface area contributed by atoms with Crippen molar-refractivity contribution in [1.29, 1.82) is 0 Å². The predicted molar refractivity (Wildman–Crippen MR) is 169 cm³/mol. The molecule has 2 heterocycles. The van der Waals surface area contributed by atoms with Crippen LogP contribution in [0.25, 0.3) is 22.2 Å². The van der Waals surface area contributed by atoms with Crippen LogP contribution in [-0.2, 0) is 7.05 Å². The van der Waals surface area contributed by atoms with Crippen molar-refractivity contribution in [3.05, 3.63) is 127 Å². The first-order valence-corrected chi connectivity index (χ1v) is 13.9. The summed E-state index contributed by atoms with van der Waals surface area (Å²) in [6.45, 7) is 4.36. The lowest BCUT2D eigenvalue weighted by Crippen LogP contribution is -2.13. The molecule has 2 N–H and O–H groups in total. The predicted octanol–water partition coefficient (Wildman–Crippen LogP) is 8.55. The molecular formula is C35H31N5O2. The molecule has 7 nitrogen and oxygen atoms in total. The van der Waals surface area contributed by atoms with Gasteiger partial charge in [-0.1, -0.05) is 68.4 Å². The molecule has 0 aliphatic carbocycles. The van der Waals surface area contributed by atoms with E-state index in [1.807, 2.05) is 90.5 Å². The van der Waals surface area contributed by atoms with Crippen molar-refractivity contribution in [2.45, 2.75) is 19.8 Å². The van der Waals surface area contributed by atoms with Crippen molar-refractivity contribution in [1.82, 2.24) is 14.5 Å². The number of hydrogen-bond donors (Lipinski definition) is 2. The molecule has 7 heteroatoms. The second-order valence-electron chi connectivity index (χ2n) is 10.4. The maximum Gasteiger partial charge on any atom is 0.274 e. The Morgan fingerprint density at radius 3 is 2.38 bits per heavy atom. The monoisotopic (exact) mass is 553 g/mol. The average molecular weight is 554 g/mol. The van der Waals surface area contributed by atoms with E-state index < -0.39 is 0 Å². The fraction of sp³-hybridized carbons (Fsp3) is 0.114. The maximum absolute atomic E-state index is 13.0. The molecule has 6 aromatic rings. The first-order chi connectivity index (χ1) is 20.4. The number of amides is 1. The van der Waals surface area contributed by atoms with Gasteiger partial charge in [0.15, 0.2) is 0 Å². The number of ether oxygens (including phenoxy) is 1. The highest BCUT2D eigenvalue weighted by atomic mass is 16.5. The van der Waals surface area contributed by atoms with E-state index in [1.54, 1.807) is 18.3 Å². The van der Waals surface area contributed by atoms with Crippen LogP contribution in [0, 0.1) is 0 Å². The molecule has 0 unspecified atom stereocenters. The first kappa shape index (κ1) is 26.8. The maximum atomic E-state index is 13.0. The molecular weight excluding hydrogens is 522 g/mol. The summed E-state index contributed by atoms with van der Waals surface area (Å²) < 4.78 is 8.14. The lowest BCUT2D eigenvalue weighted by atomic mass is 10.0. The van der Waals surface area contributed by atoms with E-state index in [9.17, 15) is 4.79 Å². The molecule has 0 atom stereocenters. The van der Waals surface area contributed by atoms with Gasteiger partial charge in [-0.15, -0.1) is 0 Å². The molecule has 0 fully saturated rings. The number of hydrogen-bond acceptors (Lipinski definition) is 5. The highest BCUT2D eigenvalue weighted by Crippen LogP contribution is 2.29. The van der Waals surface area contributed by atoms with E-state index in [-0.39, 0.29) is 11.6 Å². The minimum absolute atomic E-state index is 0.256. The quantitative estimate of drug-likeness (QED) is 0.197. The minimum Gasteiger partial charge on any atom is -0.457 e. The normalized spacial score (nSPS) is 11.0. The Kier molecular flexibility index (Phi) is 7.39. The van der Waals surface area contributed by atoms with Gasteiger partial charge in [-0.05, 0) is 65.1 Å². The second-order valence-corrected chi connectivity index (χ2v) is 10.4. The summed E-state index contributed by atoms with van der Waals surface area (Å²) in [5, 5.41) is 6.38. The zero-order chi connectivity index (χ0) is 29.1. The van der Waals surface area contributed by atoms with E-state index in [1.165, 1.54) is 5.56 Å². The number of nitrogens with zero attached hydrogens (tertiary/aromatic N) is 3.